The van der Waals surface area contributed by atoms with Crippen LogP contribution in [0.5, 0.6) is 0 Å². The fraction of sp³-hybridized carbons (Fsp3) is 0.615. The molecule has 1 saturated heterocycles. The first kappa shape index (κ1) is 13.3. The molecule has 0 unspecified atom stereocenters. The third-order valence-electron chi connectivity index (χ3n) is 3.84. The van der Waals surface area contributed by atoms with Crippen molar-refractivity contribution in [3.63, 3.8) is 0 Å². The third-order valence-corrected chi connectivity index (χ3v) is 3.84. The molecule has 7 nitrogen and oxygen atoms in total. The molecule has 1 N–H and O–H groups in total. The van der Waals surface area contributed by atoms with Crippen LogP contribution < -0.4 is 10.2 Å². The van der Waals surface area contributed by atoms with Gasteiger partial charge in [-0.3, -0.25) is 0 Å². The van der Waals surface area contributed by atoms with E-state index in [1.54, 1.807) is 0 Å². The maximum Gasteiger partial charge on any atom is 0.357 e. The first-order chi connectivity index (χ1) is 9.69. The second-order valence-corrected chi connectivity index (χ2v) is 5.18. The molecule has 20 heavy (non-hydrogen) atoms. The summed E-state index contributed by atoms with van der Waals surface area (Å²) in [6.45, 7) is 5.02. The highest BCUT2D eigenvalue weighted by atomic mass is 16.5. The normalized spacial score (nSPS) is 19.0. The van der Waals surface area contributed by atoms with Crippen LogP contribution in [0, 0.1) is 0 Å². The van der Waals surface area contributed by atoms with Gasteiger partial charge in [0.1, 0.15) is 0 Å². The van der Waals surface area contributed by atoms with E-state index in [0.29, 0.717) is 24.7 Å². The smallest absolute Gasteiger partial charge is 0.357 e. The molecule has 0 spiro atoms. The average Bonchev–Trinajstić information content (AvgIpc) is 2.94. The van der Waals surface area contributed by atoms with Crippen molar-refractivity contribution in [3.8, 4) is 0 Å². The van der Waals surface area contributed by atoms with E-state index in [4.69, 9.17) is 4.74 Å². The van der Waals surface area contributed by atoms with E-state index >= 15 is 0 Å². The van der Waals surface area contributed by atoms with E-state index in [9.17, 15) is 4.79 Å². The summed E-state index contributed by atoms with van der Waals surface area (Å²) in [5.41, 5.74) is 2.18. The Morgan fingerprint density at radius 3 is 2.65 bits per heavy atom. The number of likely N-dealkylation sites (N-methyl/N-ethyl adjacent to an activating group) is 1. The van der Waals surface area contributed by atoms with E-state index in [-0.39, 0.29) is 5.97 Å². The van der Waals surface area contributed by atoms with Crippen LogP contribution in [0.2, 0.25) is 0 Å². The van der Waals surface area contributed by atoms with Gasteiger partial charge >= 0.3 is 5.97 Å². The fourth-order valence-corrected chi connectivity index (χ4v) is 2.57. The number of aromatic nitrogens is 2. The van der Waals surface area contributed by atoms with Crippen molar-refractivity contribution in [3.05, 3.63) is 17.0 Å². The van der Waals surface area contributed by atoms with Gasteiger partial charge in [0.2, 0.25) is 5.95 Å². The highest BCUT2D eigenvalue weighted by molar-refractivity contribution is 5.89. The van der Waals surface area contributed by atoms with Crippen LogP contribution in [0.1, 0.15) is 21.7 Å². The first-order valence-electron chi connectivity index (χ1n) is 6.81. The van der Waals surface area contributed by atoms with Crippen molar-refractivity contribution in [2.45, 2.75) is 13.1 Å². The number of anilines is 1. The van der Waals surface area contributed by atoms with Gasteiger partial charge in [0.25, 0.3) is 0 Å². The molecule has 0 amide bonds. The molecule has 7 heteroatoms. The number of nitrogens with one attached hydrogen (secondary N) is 1. The lowest BCUT2D eigenvalue weighted by Gasteiger charge is -2.32. The van der Waals surface area contributed by atoms with Gasteiger partial charge in [-0.05, 0) is 7.05 Å². The molecule has 0 saturated carbocycles. The molecule has 0 radical (unpaired) electrons. The number of nitrogens with zero attached hydrogens (tertiary/aromatic N) is 4. The molecule has 0 aliphatic carbocycles. The van der Waals surface area contributed by atoms with Crippen molar-refractivity contribution >= 4 is 11.9 Å². The molecule has 0 atom stereocenters. The van der Waals surface area contributed by atoms with Crippen LogP contribution in [0.4, 0.5) is 5.95 Å². The minimum atomic E-state index is -0.386. The number of rotatable bonds is 2. The topological polar surface area (TPSA) is 70.6 Å². The van der Waals surface area contributed by atoms with Crippen LogP contribution >= 0.6 is 0 Å². The van der Waals surface area contributed by atoms with Gasteiger partial charge in [0.05, 0.1) is 12.8 Å². The molecule has 2 aliphatic rings. The zero-order valence-electron chi connectivity index (χ0n) is 11.8. The molecule has 0 bridgehead atoms. The Morgan fingerprint density at radius 2 is 1.95 bits per heavy atom. The number of hydrogen-bond acceptors (Lipinski definition) is 7. The quantitative estimate of drug-likeness (QED) is 0.739. The molecule has 108 valence electrons. The van der Waals surface area contributed by atoms with Crippen molar-refractivity contribution < 1.29 is 9.53 Å². The second-order valence-electron chi connectivity index (χ2n) is 5.18. The molecular formula is C13H19N5O2. The van der Waals surface area contributed by atoms with Gasteiger partial charge < -0.3 is 19.9 Å². The molecule has 1 fully saturated rings. The van der Waals surface area contributed by atoms with E-state index in [2.05, 4.69) is 32.1 Å². The summed E-state index contributed by atoms with van der Waals surface area (Å²) in [6.07, 6.45) is 0. The van der Waals surface area contributed by atoms with Crippen LogP contribution in [0.25, 0.3) is 0 Å². The minimum absolute atomic E-state index is 0.386. The Labute approximate surface area is 117 Å². The maximum absolute atomic E-state index is 11.9. The van der Waals surface area contributed by atoms with Gasteiger partial charge in [0.15, 0.2) is 5.69 Å². The summed E-state index contributed by atoms with van der Waals surface area (Å²) < 4.78 is 4.84. The van der Waals surface area contributed by atoms with Crippen molar-refractivity contribution in [2.24, 2.45) is 0 Å². The minimum Gasteiger partial charge on any atom is -0.464 e. The highest BCUT2D eigenvalue weighted by Gasteiger charge is 2.26. The van der Waals surface area contributed by atoms with Crippen molar-refractivity contribution in [2.75, 3.05) is 45.2 Å². The average molecular weight is 277 g/mol. The Morgan fingerprint density at radius 1 is 1.20 bits per heavy atom. The summed E-state index contributed by atoms with van der Waals surface area (Å²) in [6, 6.07) is 0. The number of piperazine rings is 1. The van der Waals surface area contributed by atoms with E-state index < -0.39 is 0 Å². The Hall–Kier alpha value is -1.73. The largest absolute Gasteiger partial charge is 0.464 e. The first-order valence-corrected chi connectivity index (χ1v) is 6.81. The monoisotopic (exact) mass is 277 g/mol. The summed E-state index contributed by atoms with van der Waals surface area (Å²) in [5.74, 6) is 0.253. The van der Waals surface area contributed by atoms with E-state index in [0.717, 1.165) is 37.4 Å². The number of carbonyl (C=O) groups excluding carboxylic acids is 1. The number of hydrogen-bond donors (Lipinski definition) is 1. The maximum atomic E-state index is 11.9. The third kappa shape index (κ3) is 2.34. The predicted octanol–water partition coefficient (Wildman–Crippen LogP) is -0.382. The standard InChI is InChI=1S/C13H19N5O2/c1-17-3-5-18(6-4-17)13-15-10-8-14-7-9(10)11(16-13)12(19)20-2/h14H,3-8H2,1-2H3. The number of esters is 1. The van der Waals surface area contributed by atoms with Crippen LogP contribution in [0.15, 0.2) is 0 Å². The van der Waals surface area contributed by atoms with Gasteiger partial charge in [-0.2, -0.15) is 0 Å². The van der Waals surface area contributed by atoms with Gasteiger partial charge in [-0.15, -0.1) is 0 Å². The van der Waals surface area contributed by atoms with Crippen LogP contribution in [-0.4, -0.2) is 61.2 Å². The molecule has 1 aromatic rings. The number of methoxy groups -OCH3 is 1. The Balaban J connectivity index is 1.94. The van der Waals surface area contributed by atoms with E-state index in [1.807, 2.05) is 0 Å². The van der Waals surface area contributed by atoms with Crippen molar-refractivity contribution in [1.29, 1.82) is 0 Å². The highest BCUT2D eigenvalue weighted by Crippen LogP contribution is 2.21. The summed E-state index contributed by atoms with van der Waals surface area (Å²) in [5, 5.41) is 3.21. The van der Waals surface area contributed by atoms with E-state index in [1.165, 1.54) is 7.11 Å². The molecule has 3 heterocycles. The second kappa shape index (κ2) is 5.34. The predicted molar refractivity (Wildman–Crippen MR) is 73.6 cm³/mol. The molecule has 0 aromatic carbocycles. The number of carbonyl (C=O) groups is 1. The van der Waals surface area contributed by atoms with Crippen molar-refractivity contribution in [1.82, 2.24) is 20.2 Å². The lowest BCUT2D eigenvalue weighted by atomic mass is 10.2. The number of ether oxygens (including phenoxy) is 1. The van der Waals surface area contributed by atoms with Crippen LogP contribution in [-0.2, 0) is 17.8 Å². The zero-order chi connectivity index (χ0) is 14.1. The molecular weight excluding hydrogens is 258 g/mol. The summed E-state index contributed by atoms with van der Waals surface area (Å²) >= 11 is 0. The Kier molecular flexibility index (Phi) is 3.54. The fourth-order valence-electron chi connectivity index (χ4n) is 2.57. The lowest BCUT2D eigenvalue weighted by Crippen LogP contribution is -2.45. The number of fused-ring (bicyclic) bond motifs is 1. The van der Waals surface area contributed by atoms with Gasteiger partial charge in [0, 0.05) is 44.8 Å². The Bertz CT molecular complexity index is 526. The SMILES string of the molecule is COC(=O)c1nc(N2CCN(C)CC2)nc2c1CNC2. The summed E-state index contributed by atoms with van der Waals surface area (Å²) in [7, 11) is 3.49. The molecule has 1 aromatic heterocycles. The molecule has 3 rings (SSSR count). The summed E-state index contributed by atoms with van der Waals surface area (Å²) in [4.78, 5) is 25.3. The molecule has 2 aliphatic heterocycles. The van der Waals surface area contributed by atoms with Crippen LogP contribution in [0.3, 0.4) is 0 Å². The zero-order valence-corrected chi connectivity index (χ0v) is 11.8. The lowest BCUT2D eigenvalue weighted by molar-refractivity contribution is 0.0592. The van der Waals surface area contributed by atoms with Gasteiger partial charge in [-0.1, -0.05) is 0 Å². The van der Waals surface area contributed by atoms with Gasteiger partial charge in [-0.25, -0.2) is 14.8 Å².